The second-order valence-corrected chi connectivity index (χ2v) is 9.02. The van der Waals surface area contributed by atoms with E-state index in [2.05, 4.69) is 84.9 Å². The van der Waals surface area contributed by atoms with Gasteiger partial charge in [-0.25, -0.2) is 9.97 Å². The molecular weight excluding hydrogens is 452 g/mol. The van der Waals surface area contributed by atoms with Gasteiger partial charge < -0.3 is 4.42 Å². The van der Waals surface area contributed by atoms with E-state index in [1.54, 1.807) is 0 Å². The van der Waals surface area contributed by atoms with E-state index in [4.69, 9.17) is 14.4 Å². The summed E-state index contributed by atoms with van der Waals surface area (Å²) in [5.74, 6) is 0.703. The number of fused-ring (bicyclic) bond motifs is 3. The molecule has 0 saturated carbocycles. The summed E-state index contributed by atoms with van der Waals surface area (Å²) >= 11 is 0. The molecule has 0 saturated heterocycles. The van der Waals surface area contributed by atoms with E-state index in [0.717, 1.165) is 61.1 Å². The topological polar surface area (TPSA) is 38.9 Å². The number of aromatic nitrogens is 2. The van der Waals surface area contributed by atoms with Crippen LogP contribution in [0.1, 0.15) is 0 Å². The molecule has 0 aliphatic rings. The third-order valence-corrected chi connectivity index (χ3v) is 6.73. The molecule has 0 fully saturated rings. The predicted molar refractivity (Wildman–Crippen MR) is 151 cm³/mol. The van der Waals surface area contributed by atoms with Crippen LogP contribution in [0.2, 0.25) is 0 Å². The van der Waals surface area contributed by atoms with Crippen LogP contribution >= 0.6 is 0 Å². The zero-order valence-corrected chi connectivity index (χ0v) is 20.0. The Bertz CT molecular complexity index is 1810. The first-order valence-electron chi connectivity index (χ1n) is 12.4. The molecule has 2 heterocycles. The Hall–Kier alpha value is -5.02. The Morgan fingerprint density at radius 2 is 1.03 bits per heavy atom. The molecule has 0 N–H and O–H groups in total. The maximum absolute atomic E-state index is 6.38. The summed E-state index contributed by atoms with van der Waals surface area (Å²) in [6.45, 7) is 0. The normalized spacial score (nSPS) is 11.2. The lowest BCUT2D eigenvalue weighted by molar-refractivity contribution is 0.670. The molecule has 0 atom stereocenters. The van der Waals surface area contributed by atoms with Gasteiger partial charge in [0, 0.05) is 33.0 Å². The lowest BCUT2D eigenvalue weighted by atomic mass is 9.95. The van der Waals surface area contributed by atoms with Gasteiger partial charge in [-0.3, -0.25) is 0 Å². The van der Waals surface area contributed by atoms with E-state index < -0.39 is 0 Å². The molecule has 174 valence electrons. The van der Waals surface area contributed by atoms with Gasteiger partial charge in [0.05, 0.1) is 11.4 Å². The Kier molecular flexibility index (Phi) is 5.11. The highest BCUT2D eigenvalue weighted by Crippen LogP contribution is 2.40. The summed E-state index contributed by atoms with van der Waals surface area (Å²) in [6.07, 6.45) is 0. The molecular formula is C34H22N2O. The number of benzene rings is 5. The molecule has 3 nitrogen and oxygen atoms in total. The van der Waals surface area contributed by atoms with E-state index in [1.165, 1.54) is 0 Å². The number of nitrogens with zero attached hydrogens (tertiary/aromatic N) is 2. The number of hydrogen-bond donors (Lipinski definition) is 0. The first-order valence-corrected chi connectivity index (χ1v) is 12.4. The fraction of sp³-hybridized carbons (Fsp3) is 0. The van der Waals surface area contributed by atoms with Crippen LogP contribution in [-0.2, 0) is 0 Å². The minimum Gasteiger partial charge on any atom is -0.455 e. The molecule has 0 radical (unpaired) electrons. The second-order valence-electron chi connectivity index (χ2n) is 9.02. The van der Waals surface area contributed by atoms with Crippen molar-refractivity contribution in [3.05, 3.63) is 133 Å². The molecule has 0 bridgehead atoms. The van der Waals surface area contributed by atoms with Crippen molar-refractivity contribution in [1.29, 1.82) is 0 Å². The van der Waals surface area contributed by atoms with Crippen LogP contribution in [0, 0.1) is 0 Å². The summed E-state index contributed by atoms with van der Waals surface area (Å²) < 4.78 is 6.38. The van der Waals surface area contributed by atoms with Crippen LogP contribution in [0.25, 0.3) is 67.0 Å². The first-order chi connectivity index (χ1) is 18.3. The van der Waals surface area contributed by atoms with Crippen molar-refractivity contribution in [3.63, 3.8) is 0 Å². The Morgan fingerprint density at radius 1 is 0.432 bits per heavy atom. The fourth-order valence-electron chi connectivity index (χ4n) is 4.96. The molecule has 7 rings (SSSR count). The minimum absolute atomic E-state index is 0.703. The van der Waals surface area contributed by atoms with Crippen LogP contribution in [-0.4, -0.2) is 9.97 Å². The molecule has 5 aromatic carbocycles. The number of rotatable bonds is 4. The zero-order valence-electron chi connectivity index (χ0n) is 20.0. The monoisotopic (exact) mass is 474 g/mol. The van der Waals surface area contributed by atoms with E-state index in [0.29, 0.717) is 5.82 Å². The van der Waals surface area contributed by atoms with Gasteiger partial charge in [-0.15, -0.1) is 0 Å². The number of para-hydroxylation sites is 2. The van der Waals surface area contributed by atoms with Gasteiger partial charge in [0.25, 0.3) is 0 Å². The van der Waals surface area contributed by atoms with Gasteiger partial charge in [0.15, 0.2) is 5.82 Å². The summed E-state index contributed by atoms with van der Waals surface area (Å²) in [4.78, 5) is 10.0. The molecule has 2 aromatic heterocycles. The van der Waals surface area contributed by atoms with E-state index >= 15 is 0 Å². The van der Waals surface area contributed by atoms with Crippen molar-refractivity contribution in [2.45, 2.75) is 0 Å². The quantitative estimate of drug-likeness (QED) is 0.255. The molecule has 37 heavy (non-hydrogen) atoms. The summed E-state index contributed by atoms with van der Waals surface area (Å²) in [7, 11) is 0. The largest absolute Gasteiger partial charge is 0.455 e. The fourth-order valence-corrected chi connectivity index (χ4v) is 4.96. The summed E-state index contributed by atoms with van der Waals surface area (Å²) in [6, 6.07) is 45.4. The molecule has 0 aliphatic heterocycles. The summed E-state index contributed by atoms with van der Waals surface area (Å²) in [5.41, 5.74) is 8.73. The third-order valence-electron chi connectivity index (χ3n) is 6.73. The van der Waals surface area contributed by atoms with Crippen LogP contribution in [0.3, 0.4) is 0 Å². The smallest absolute Gasteiger partial charge is 0.160 e. The van der Waals surface area contributed by atoms with Crippen LogP contribution in [0.5, 0.6) is 0 Å². The highest BCUT2D eigenvalue weighted by Gasteiger charge is 2.17. The van der Waals surface area contributed by atoms with Crippen molar-refractivity contribution in [3.8, 4) is 45.0 Å². The first kappa shape index (κ1) is 21.3. The Labute approximate surface area is 214 Å². The zero-order chi connectivity index (χ0) is 24.6. The highest BCUT2D eigenvalue weighted by molar-refractivity contribution is 6.10. The van der Waals surface area contributed by atoms with Gasteiger partial charge in [-0.2, -0.15) is 0 Å². The SMILES string of the molecule is c1ccc(-c2cc(-c3ccccc3-c3cccc4c3oc3ccccc34)nc(-c3ccccc3)n2)cc1. The van der Waals surface area contributed by atoms with Crippen LogP contribution in [0.15, 0.2) is 138 Å². The van der Waals surface area contributed by atoms with Gasteiger partial charge in [-0.1, -0.05) is 121 Å². The second kappa shape index (κ2) is 8.89. The van der Waals surface area contributed by atoms with Crippen molar-refractivity contribution in [2.75, 3.05) is 0 Å². The van der Waals surface area contributed by atoms with E-state index in [9.17, 15) is 0 Å². The lowest BCUT2D eigenvalue weighted by Crippen LogP contribution is -1.97. The minimum atomic E-state index is 0.703. The molecule has 0 spiro atoms. The Balaban J connectivity index is 1.48. The van der Waals surface area contributed by atoms with Gasteiger partial charge in [0.2, 0.25) is 0 Å². The van der Waals surface area contributed by atoms with Crippen LogP contribution in [0.4, 0.5) is 0 Å². The Morgan fingerprint density at radius 3 is 1.84 bits per heavy atom. The lowest BCUT2D eigenvalue weighted by Gasteiger charge is -2.13. The standard InChI is InChI=1S/C34H22N2O/c1-3-12-23(13-4-1)30-22-31(36-34(35-30)24-14-5-2-6-15-24)26-17-8-7-16-25(26)28-19-11-20-29-27-18-9-10-21-32(27)37-33(28)29/h1-22H. The maximum atomic E-state index is 6.38. The molecule has 0 aliphatic carbocycles. The highest BCUT2D eigenvalue weighted by atomic mass is 16.3. The van der Waals surface area contributed by atoms with Gasteiger partial charge in [-0.05, 0) is 17.7 Å². The van der Waals surface area contributed by atoms with Gasteiger partial charge in [0.1, 0.15) is 11.2 Å². The van der Waals surface area contributed by atoms with E-state index in [1.807, 2.05) is 48.5 Å². The maximum Gasteiger partial charge on any atom is 0.160 e. The molecule has 7 aromatic rings. The molecule has 0 unspecified atom stereocenters. The number of furan rings is 1. The third kappa shape index (κ3) is 3.78. The van der Waals surface area contributed by atoms with Crippen molar-refractivity contribution in [1.82, 2.24) is 9.97 Å². The average Bonchev–Trinajstić information content (AvgIpc) is 3.37. The van der Waals surface area contributed by atoms with Crippen molar-refractivity contribution in [2.24, 2.45) is 0 Å². The average molecular weight is 475 g/mol. The van der Waals surface area contributed by atoms with Crippen molar-refractivity contribution >= 4 is 21.9 Å². The van der Waals surface area contributed by atoms with E-state index in [-0.39, 0.29) is 0 Å². The predicted octanol–water partition coefficient (Wildman–Crippen LogP) is 9.04. The number of hydrogen-bond acceptors (Lipinski definition) is 3. The summed E-state index contributed by atoms with van der Waals surface area (Å²) in [5, 5.41) is 2.23. The molecule has 0 amide bonds. The van der Waals surface area contributed by atoms with Gasteiger partial charge >= 0.3 is 0 Å². The van der Waals surface area contributed by atoms with Crippen LogP contribution < -0.4 is 0 Å². The molecule has 3 heteroatoms. The van der Waals surface area contributed by atoms with Crippen molar-refractivity contribution < 1.29 is 4.42 Å².